The molecule has 2 rings (SSSR count). The number of nitrogens with one attached hydrogen (secondary N) is 1. The molecular weight excluding hydrogens is 164 g/mol. The molecule has 2 aliphatic heterocycles. The van der Waals surface area contributed by atoms with Gasteiger partial charge < -0.3 is 10.2 Å². The standard InChI is InChI=1S/C10H14N2O/c1-2-3-10(13)12-5-4-8-6-11-7-9(8)12/h1,8-9,11H,3-7H2. The summed E-state index contributed by atoms with van der Waals surface area (Å²) >= 11 is 0. The number of nitrogens with zero attached hydrogens (tertiary/aromatic N) is 1. The molecule has 70 valence electrons. The fourth-order valence-corrected chi connectivity index (χ4v) is 2.35. The molecular formula is C10H14N2O. The van der Waals surface area contributed by atoms with E-state index in [9.17, 15) is 4.79 Å². The van der Waals surface area contributed by atoms with Crippen LogP contribution in [-0.4, -0.2) is 36.5 Å². The Kier molecular flexibility index (Phi) is 2.24. The molecule has 2 unspecified atom stereocenters. The van der Waals surface area contributed by atoms with Gasteiger partial charge in [-0.15, -0.1) is 6.42 Å². The largest absolute Gasteiger partial charge is 0.337 e. The minimum Gasteiger partial charge on any atom is -0.337 e. The maximum atomic E-state index is 11.5. The second-order valence-electron chi connectivity index (χ2n) is 3.74. The molecule has 0 aromatic carbocycles. The van der Waals surface area contributed by atoms with Gasteiger partial charge in [0.2, 0.25) is 5.91 Å². The fourth-order valence-electron chi connectivity index (χ4n) is 2.35. The lowest BCUT2D eigenvalue weighted by molar-refractivity contribution is -0.130. The van der Waals surface area contributed by atoms with Gasteiger partial charge in [0.1, 0.15) is 0 Å². The van der Waals surface area contributed by atoms with E-state index >= 15 is 0 Å². The van der Waals surface area contributed by atoms with Crippen molar-refractivity contribution in [1.29, 1.82) is 0 Å². The van der Waals surface area contributed by atoms with Crippen molar-refractivity contribution in [3.63, 3.8) is 0 Å². The number of hydrogen-bond donors (Lipinski definition) is 1. The predicted molar refractivity (Wildman–Crippen MR) is 49.9 cm³/mol. The predicted octanol–water partition coefficient (Wildman–Crippen LogP) is -0.170. The van der Waals surface area contributed by atoms with Crippen LogP contribution in [0, 0.1) is 18.3 Å². The van der Waals surface area contributed by atoms with Gasteiger partial charge >= 0.3 is 0 Å². The molecule has 0 aromatic rings. The highest BCUT2D eigenvalue weighted by Gasteiger charge is 2.39. The van der Waals surface area contributed by atoms with E-state index in [4.69, 9.17) is 6.42 Å². The summed E-state index contributed by atoms with van der Waals surface area (Å²) < 4.78 is 0. The van der Waals surface area contributed by atoms with Gasteiger partial charge in [-0.25, -0.2) is 0 Å². The van der Waals surface area contributed by atoms with Crippen LogP contribution >= 0.6 is 0 Å². The minimum absolute atomic E-state index is 0.124. The Morgan fingerprint density at radius 2 is 2.46 bits per heavy atom. The normalized spacial score (nSPS) is 31.5. The molecule has 2 heterocycles. The summed E-state index contributed by atoms with van der Waals surface area (Å²) in [6.07, 6.45) is 6.51. The van der Waals surface area contributed by atoms with Crippen LogP contribution in [0.25, 0.3) is 0 Å². The van der Waals surface area contributed by atoms with Crippen LogP contribution in [0.2, 0.25) is 0 Å². The first kappa shape index (κ1) is 8.58. The van der Waals surface area contributed by atoms with Crippen LogP contribution in [0.1, 0.15) is 12.8 Å². The first-order valence-electron chi connectivity index (χ1n) is 4.76. The van der Waals surface area contributed by atoms with Crippen LogP contribution < -0.4 is 5.32 Å². The SMILES string of the molecule is C#CCC(=O)N1CCC2CNCC21. The summed E-state index contributed by atoms with van der Waals surface area (Å²) in [5.74, 6) is 3.20. The molecule has 0 aliphatic carbocycles. The third kappa shape index (κ3) is 1.42. The van der Waals surface area contributed by atoms with Crippen molar-refractivity contribution in [1.82, 2.24) is 10.2 Å². The number of carbonyl (C=O) groups excluding carboxylic acids is 1. The highest BCUT2D eigenvalue weighted by Crippen LogP contribution is 2.27. The Labute approximate surface area is 78.5 Å². The molecule has 1 amide bonds. The van der Waals surface area contributed by atoms with Crippen molar-refractivity contribution in [2.24, 2.45) is 5.92 Å². The Balaban J connectivity index is 2.01. The van der Waals surface area contributed by atoms with E-state index in [1.165, 1.54) is 0 Å². The van der Waals surface area contributed by atoms with Crippen molar-refractivity contribution in [2.75, 3.05) is 19.6 Å². The first-order valence-corrected chi connectivity index (χ1v) is 4.76. The maximum absolute atomic E-state index is 11.5. The molecule has 2 aliphatic rings. The van der Waals surface area contributed by atoms with E-state index in [2.05, 4.69) is 11.2 Å². The van der Waals surface area contributed by atoms with Gasteiger partial charge in [-0.3, -0.25) is 4.79 Å². The van der Waals surface area contributed by atoms with Crippen molar-refractivity contribution in [3.05, 3.63) is 0 Å². The summed E-state index contributed by atoms with van der Waals surface area (Å²) in [5, 5.41) is 3.31. The molecule has 13 heavy (non-hydrogen) atoms. The lowest BCUT2D eigenvalue weighted by Gasteiger charge is -2.22. The smallest absolute Gasteiger partial charge is 0.234 e. The van der Waals surface area contributed by atoms with E-state index in [1.54, 1.807) is 0 Å². The monoisotopic (exact) mass is 178 g/mol. The van der Waals surface area contributed by atoms with E-state index < -0.39 is 0 Å². The third-order valence-electron chi connectivity index (χ3n) is 3.02. The van der Waals surface area contributed by atoms with Crippen LogP contribution in [0.3, 0.4) is 0 Å². The number of rotatable bonds is 1. The first-order chi connectivity index (χ1) is 6.33. The molecule has 0 radical (unpaired) electrons. The zero-order valence-corrected chi connectivity index (χ0v) is 7.62. The Morgan fingerprint density at radius 1 is 1.62 bits per heavy atom. The Hall–Kier alpha value is -1.01. The summed E-state index contributed by atoms with van der Waals surface area (Å²) in [7, 11) is 0. The number of carbonyl (C=O) groups is 1. The molecule has 2 fully saturated rings. The van der Waals surface area contributed by atoms with Gasteiger partial charge in [0.25, 0.3) is 0 Å². The third-order valence-corrected chi connectivity index (χ3v) is 3.02. The average molecular weight is 178 g/mol. The van der Waals surface area contributed by atoms with Crippen LogP contribution in [0.15, 0.2) is 0 Å². The number of hydrogen-bond acceptors (Lipinski definition) is 2. The maximum Gasteiger partial charge on any atom is 0.234 e. The second kappa shape index (κ2) is 3.39. The topological polar surface area (TPSA) is 32.3 Å². The lowest BCUT2D eigenvalue weighted by atomic mass is 10.1. The average Bonchev–Trinajstić information content (AvgIpc) is 2.62. The van der Waals surface area contributed by atoms with Crippen molar-refractivity contribution in [2.45, 2.75) is 18.9 Å². The molecule has 0 saturated carbocycles. The van der Waals surface area contributed by atoms with Gasteiger partial charge in [0, 0.05) is 25.7 Å². The fraction of sp³-hybridized carbons (Fsp3) is 0.700. The summed E-state index contributed by atoms with van der Waals surface area (Å²) in [4.78, 5) is 13.5. The zero-order valence-electron chi connectivity index (χ0n) is 7.62. The lowest BCUT2D eigenvalue weighted by Crippen LogP contribution is -2.38. The Bertz CT molecular complexity index is 256. The van der Waals surface area contributed by atoms with Crippen molar-refractivity contribution >= 4 is 5.91 Å². The van der Waals surface area contributed by atoms with Gasteiger partial charge in [-0.1, -0.05) is 5.92 Å². The van der Waals surface area contributed by atoms with Gasteiger partial charge in [0.05, 0.1) is 6.42 Å². The molecule has 0 bridgehead atoms. The quantitative estimate of drug-likeness (QED) is 0.565. The van der Waals surface area contributed by atoms with Gasteiger partial charge in [-0.2, -0.15) is 0 Å². The van der Waals surface area contributed by atoms with E-state index in [-0.39, 0.29) is 12.3 Å². The summed E-state index contributed by atoms with van der Waals surface area (Å²) in [5.41, 5.74) is 0. The number of terminal acetylenes is 1. The molecule has 2 saturated heterocycles. The molecule has 3 heteroatoms. The van der Waals surface area contributed by atoms with Crippen molar-refractivity contribution < 1.29 is 4.79 Å². The summed E-state index contributed by atoms with van der Waals surface area (Å²) in [6.45, 7) is 2.91. The number of fused-ring (bicyclic) bond motifs is 1. The number of amides is 1. The van der Waals surface area contributed by atoms with Crippen LogP contribution in [0.4, 0.5) is 0 Å². The second-order valence-corrected chi connectivity index (χ2v) is 3.74. The van der Waals surface area contributed by atoms with Crippen LogP contribution in [-0.2, 0) is 4.79 Å². The van der Waals surface area contributed by atoms with Gasteiger partial charge in [0.15, 0.2) is 0 Å². The van der Waals surface area contributed by atoms with Gasteiger partial charge in [-0.05, 0) is 12.3 Å². The summed E-state index contributed by atoms with van der Waals surface area (Å²) in [6, 6.07) is 0.417. The highest BCUT2D eigenvalue weighted by molar-refractivity contribution is 5.79. The van der Waals surface area contributed by atoms with E-state index in [1.807, 2.05) is 4.90 Å². The molecule has 0 aromatic heterocycles. The highest BCUT2D eigenvalue weighted by atomic mass is 16.2. The van der Waals surface area contributed by atoms with E-state index in [0.717, 1.165) is 26.1 Å². The molecule has 0 spiro atoms. The zero-order chi connectivity index (χ0) is 9.26. The van der Waals surface area contributed by atoms with Crippen LogP contribution in [0.5, 0.6) is 0 Å². The molecule has 3 nitrogen and oxygen atoms in total. The molecule has 1 N–H and O–H groups in total. The number of likely N-dealkylation sites (tertiary alicyclic amines) is 1. The van der Waals surface area contributed by atoms with E-state index in [0.29, 0.717) is 12.0 Å². The molecule has 2 atom stereocenters. The van der Waals surface area contributed by atoms with Crippen molar-refractivity contribution in [3.8, 4) is 12.3 Å². The minimum atomic E-state index is 0.124. The Morgan fingerprint density at radius 3 is 3.23 bits per heavy atom.